The Kier molecular flexibility index (Phi) is 4.13. The Labute approximate surface area is 118 Å². The lowest BCUT2D eigenvalue weighted by molar-refractivity contribution is -0.156. The molecule has 19 heavy (non-hydrogen) atoms. The van der Waals surface area contributed by atoms with E-state index < -0.39 is 5.60 Å². The second-order valence-corrected chi connectivity index (χ2v) is 7.27. The van der Waals surface area contributed by atoms with E-state index in [1.54, 1.807) is 11.3 Å². The maximum Gasteiger partial charge on any atom is 0.306 e. The highest BCUT2D eigenvalue weighted by Crippen LogP contribution is 2.31. The Morgan fingerprint density at radius 3 is 2.79 bits per heavy atom. The average Bonchev–Trinajstić information content (AvgIpc) is 2.51. The second kappa shape index (κ2) is 5.49. The Balaban J connectivity index is 1.88. The van der Waals surface area contributed by atoms with Gasteiger partial charge in [0.1, 0.15) is 5.60 Å². The van der Waals surface area contributed by atoms with Crippen LogP contribution in [0.2, 0.25) is 0 Å². The van der Waals surface area contributed by atoms with Crippen molar-refractivity contribution in [1.29, 1.82) is 0 Å². The first-order valence-corrected chi connectivity index (χ1v) is 7.61. The van der Waals surface area contributed by atoms with Gasteiger partial charge in [0.25, 0.3) is 0 Å². The van der Waals surface area contributed by atoms with Crippen LogP contribution in [0.15, 0.2) is 0 Å². The van der Waals surface area contributed by atoms with Crippen LogP contribution in [0.25, 0.3) is 0 Å². The van der Waals surface area contributed by atoms with Gasteiger partial charge < -0.3 is 10.5 Å². The number of esters is 1. The molecule has 0 saturated heterocycles. The number of nitrogens with zero attached hydrogens (tertiary/aromatic N) is 1. The third-order valence-electron chi connectivity index (χ3n) is 3.24. The first-order chi connectivity index (χ1) is 8.83. The fourth-order valence-electron chi connectivity index (χ4n) is 2.44. The van der Waals surface area contributed by atoms with Crippen LogP contribution in [0.5, 0.6) is 0 Å². The summed E-state index contributed by atoms with van der Waals surface area (Å²) < 4.78 is 5.39. The summed E-state index contributed by atoms with van der Waals surface area (Å²) in [5, 5.41) is 0.663. The van der Waals surface area contributed by atoms with E-state index in [1.807, 2.05) is 20.8 Å². The van der Waals surface area contributed by atoms with Gasteiger partial charge in [-0.25, -0.2) is 4.98 Å². The molecule has 1 aliphatic rings. The van der Waals surface area contributed by atoms with Crippen LogP contribution in [0.3, 0.4) is 0 Å². The molecule has 1 aromatic heterocycles. The minimum Gasteiger partial charge on any atom is -0.460 e. The molecular weight excluding hydrogens is 260 g/mol. The van der Waals surface area contributed by atoms with Crippen LogP contribution in [-0.2, 0) is 22.4 Å². The zero-order valence-electron chi connectivity index (χ0n) is 11.9. The summed E-state index contributed by atoms with van der Waals surface area (Å²) in [4.78, 5) is 17.5. The summed E-state index contributed by atoms with van der Waals surface area (Å²) in [5.41, 5.74) is 6.47. The van der Waals surface area contributed by atoms with E-state index in [0.29, 0.717) is 17.5 Å². The van der Waals surface area contributed by atoms with Crippen molar-refractivity contribution >= 4 is 22.4 Å². The van der Waals surface area contributed by atoms with Crippen molar-refractivity contribution in [3.63, 3.8) is 0 Å². The maximum atomic E-state index is 11.8. The van der Waals surface area contributed by atoms with E-state index >= 15 is 0 Å². The lowest BCUT2D eigenvalue weighted by Crippen LogP contribution is -2.25. The SMILES string of the molecule is CC(C)(C)OC(=O)CC1CCc2nc(N)sc2CC1. The first-order valence-electron chi connectivity index (χ1n) is 6.79. The number of aromatic nitrogens is 1. The molecule has 0 bridgehead atoms. The number of hydrogen-bond donors (Lipinski definition) is 1. The minimum atomic E-state index is -0.392. The summed E-state index contributed by atoms with van der Waals surface area (Å²) in [7, 11) is 0. The first kappa shape index (κ1) is 14.3. The molecule has 1 heterocycles. The van der Waals surface area contributed by atoms with E-state index in [-0.39, 0.29) is 5.97 Å². The van der Waals surface area contributed by atoms with Crippen molar-refractivity contribution in [3.05, 3.63) is 10.6 Å². The summed E-state index contributed by atoms with van der Waals surface area (Å²) in [5.74, 6) is 0.313. The lowest BCUT2D eigenvalue weighted by atomic mass is 9.96. The largest absolute Gasteiger partial charge is 0.460 e. The average molecular weight is 282 g/mol. The molecule has 1 aromatic rings. The standard InChI is InChI=1S/C14H22N2O2S/c1-14(2,3)18-12(17)8-9-4-6-10-11(7-5-9)19-13(15)16-10/h9H,4-8H2,1-3H3,(H2,15,16). The zero-order valence-corrected chi connectivity index (χ0v) is 12.7. The summed E-state index contributed by atoms with van der Waals surface area (Å²) in [6.45, 7) is 5.71. The molecule has 5 heteroatoms. The van der Waals surface area contributed by atoms with Gasteiger partial charge in [0.2, 0.25) is 0 Å². The highest BCUT2D eigenvalue weighted by atomic mass is 32.1. The smallest absolute Gasteiger partial charge is 0.306 e. The molecule has 0 spiro atoms. The van der Waals surface area contributed by atoms with Crippen molar-refractivity contribution in [1.82, 2.24) is 4.98 Å². The van der Waals surface area contributed by atoms with Gasteiger partial charge in [-0.3, -0.25) is 4.79 Å². The quantitative estimate of drug-likeness (QED) is 0.669. The number of fused-ring (bicyclic) bond motifs is 1. The lowest BCUT2D eigenvalue weighted by Gasteiger charge is -2.21. The highest BCUT2D eigenvalue weighted by Gasteiger charge is 2.24. The van der Waals surface area contributed by atoms with E-state index in [2.05, 4.69) is 4.98 Å². The van der Waals surface area contributed by atoms with Crippen molar-refractivity contribution in [2.75, 3.05) is 5.73 Å². The number of carbonyl (C=O) groups excluding carboxylic acids is 1. The molecule has 0 saturated carbocycles. The van der Waals surface area contributed by atoms with Crippen molar-refractivity contribution in [3.8, 4) is 0 Å². The van der Waals surface area contributed by atoms with Crippen LogP contribution < -0.4 is 5.73 Å². The fraction of sp³-hybridized carbons (Fsp3) is 0.714. The second-order valence-electron chi connectivity index (χ2n) is 6.16. The molecule has 4 nitrogen and oxygen atoms in total. The molecule has 106 valence electrons. The molecule has 0 radical (unpaired) electrons. The third-order valence-corrected chi connectivity index (χ3v) is 4.23. The zero-order chi connectivity index (χ0) is 14.0. The van der Waals surface area contributed by atoms with Gasteiger partial charge in [0.05, 0.1) is 5.69 Å². The normalized spacial score (nSPS) is 19.6. The van der Waals surface area contributed by atoms with Crippen molar-refractivity contribution in [2.24, 2.45) is 5.92 Å². The Morgan fingerprint density at radius 1 is 1.42 bits per heavy atom. The molecule has 1 atom stereocenters. The van der Waals surface area contributed by atoms with Crippen LogP contribution in [-0.4, -0.2) is 16.6 Å². The molecular formula is C14H22N2O2S. The number of hydrogen-bond acceptors (Lipinski definition) is 5. The minimum absolute atomic E-state index is 0.0878. The molecule has 1 unspecified atom stereocenters. The summed E-state index contributed by atoms with van der Waals surface area (Å²) in [6, 6.07) is 0. The van der Waals surface area contributed by atoms with Crippen LogP contribution in [0.1, 0.15) is 50.6 Å². The number of aryl methyl sites for hydroxylation is 2. The number of carbonyl (C=O) groups is 1. The van der Waals surface area contributed by atoms with Crippen LogP contribution >= 0.6 is 11.3 Å². The number of thiazole rings is 1. The predicted octanol–water partition coefficient (Wildman–Crippen LogP) is 2.95. The number of ether oxygens (including phenoxy) is 1. The molecule has 0 fully saturated rings. The van der Waals surface area contributed by atoms with Crippen LogP contribution in [0.4, 0.5) is 5.13 Å². The molecule has 2 rings (SSSR count). The molecule has 0 aliphatic heterocycles. The third kappa shape index (κ3) is 4.20. The van der Waals surface area contributed by atoms with E-state index in [0.717, 1.165) is 31.4 Å². The molecule has 0 amide bonds. The number of rotatable bonds is 2. The monoisotopic (exact) mass is 282 g/mol. The van der Waals surface area contributed by atoms with Gasteiger partial charge in [0.15, 0.2) is 5.13 Å². The summed E-state index contributed by atoms with van der Waals surface area (Å²) in [6.07, 6.45) is 4.44. The fourth-order valence-corrected chi connectivity index (χ4v) is 3.33. The molecule has 2 N–H and O–H groups in total. The van der Waals surface area contributed by atoms with Gasteiger partial charge in [-0.1, -0.05) is 0 Å². The van der Waals surface area contributed by atoms with Crippen molar-refractivity contribution in [2.45, 2.75) is 58.5 Å². The molecule has 1 aliphatic carbocycles. The Morgan fingerprint density at radius 2 is 2.11 bits per heavy atom. The Bertz CT molecular complexity index is 437. The number of nitrogens with two attached hydrogens (primary N) is 1. The van der Waals surface area contributed by atoms with E-state index in [4.69, 9.17) is 10.5 Å². The topological polar surface area (TPSA) is 65.2 Å². The van der Waals surface area contributed by atoms with Gasteiger partial charge in [-0.2, -0.15) is 0 Å². The van der Waals surface area contributed by atoms with Gasteiger partial charge in [-0.05, 0) is 52.4 Å². The maximum absolute atomic E-state index is 11.8. The molecule has 0 aromatic carbocycles. The van der Waals surface area contributed by atoms with Crippen molar-refractivity contribution < 1.29 is 9.53 Å². The van der Waals surface area contributed by atoms with Gasteiger partial charge >= 0.3 is 5.97 Å². The van der Waals surface area contributed by atoms with E-state index in [9.17, 15) is 4.79 Å². The number of nitrogen functional groups attached to an aromatic ring is 1. The van der Waals surface area contributed by atoms with E-state index in [1.165, 1.54) is 4.88 Å². The Hall–Kier alpha value is -1.10. The van der Waals surface area contributed by atoms with Gasteiger partial charge in [0, 0.05) is 11.3 Å². The highest BCUT2D eigenvalue weighted by molar-refractivity contribution is 7.15. The summed E-state index contributed by atoms with van der Waals surface area (Å²) >= 11 is 1.58. The predicted molar refractivity (Wildman–Crippen MR) is 77.1 cm³/mol. The number of anilines is 1. The van der Waals surface area contributed by atoms with Gasteiger partial charge in [-0.15, -0.1) is 11.3 Å². The van der Waals surface area contributed by atoms with Crippen LogP contribution in [0, 0.1) is 5.92 Å².